The Balaban J connectivity index is 0.000000637. The Morgan fingerprint density at radius 2 is 1.89 bits per heavy atom. The highest BCUT2D eigenvalue weighted by molar-refractivity contribution is 5.79. The smallest absolute Gasteiger partial charge is 0.192 e. The normalized spacial score (nSPS) is 10.4. The van der Waals surface area contributed by atoms with E-state index in [2.05, 4.69) is 4.98 Å². The fraction of sp³-hybridized carbons (Fsp3) is 0.267. The first kappa shape index (κ1) is 13.3. The van der Waals surface area contributed by atoms with Gasteiger partial charge in [-0.3, -0.25) is 0 Å². The first-order valence-electron chi connectivity index (χ1n) is 6.36. The fourth-order valence-corrected chi connectivity index (χ4v) is 2.06. The minimum atomic E-state index is -0.259. The molecule has 3 nitrogen and oxygen atoms in total. The molecule has 3 rings (SSSR count). The van der Waals surface area contributed by atoms with Crippen molar-refractivity contribution in [3.63, 3.8) is 0 Å². The van der Waals surface area contributed by atoms with Gasteiger partial charge in [0.05, 0.1) is 11.2 Å². The van der Waals surface area contributed by atoms with Crippen molar-refractivity contribution < 1.29 is 8.81 Å². The summed E-state index contributed by atoms with van der Waals surface area (Å²) in [4.78, 5) is 4.24. The van der Waals surface area contributed by atoms with E-state index in [-0.39, 0.29) is 5.82 Å². The average molecular weight is 260 g/mol. The summed E-state index contributed by atoms with van der Waals surface area (Å²) in [6.07, 6.45) is 3.25. The van der Waals surface area contributed by atoms with Crippen molar-refractivity contribution in [2.24, 2.45) is 0 Å². The molecule has 0 aliphatic rings. The van der Waals surface area contributed by atoms with Gasteiger partial charge in [-0.25, -0.2) is 9.37 Å². The topological polar surface area (TPSA) is 30.4 Å². The van der Waals surface area contributed by atoms with Gasteiger partial charge in [0.15, 0.2) is 11.7 Å². The van der Waals surface area contributed by atoms with Gasteiger partial charge < -0.3 is 8.82 Å². The van der Waals surface area contributed by atoms with E-state index in [1.165, 1.54) is 12.3 Å². The highest BCUT2D eigenvalue weighted by Crippen LogP contribution is 2.29. The Kier molecular flexibility index (Phi) is 3.69. The van der Waals surface area contributed by atoms with Crippen molar-refractivity contribution in [2.75, 3.05) is 0 Å². The maximum absolute atomic E-state index is 13.1. The summed E-state index contributed by atoms with van der Waals surface area (Å²) >= 11 is 0. The molecule has 0 fully saturated rings. The highest BCUT2D eigenvalue weighted by Gasteiger charge is 2.13. The number of oxazole rings is 1. The van der Waals surface area contributed by atoms with E-state index < -0.39 is 0 Å². The van der Waals surface area contributed by atoms with E-state index in [1.54, 1.807) is 10.5 Å². The Morgan fingerprint density at radius 3 is 2.53 bits per heavy atom. The molecule has 0 aromatic carbocycles. The average Bonchev–Trinajstić information content (AvgIpc) is 2.94. The van der Waals surface area contributed by atoms with Crippen LogP contribution in [0.2, 0.25) is 0 Å². The van der Waals surface area contributed by atoms with Gasteiger partial charge in [-0.05, 0) is 25.1 Å². The minimum absolute atomic E-state index is 0.259. The lowest BCUT2D eigenvalue weighted by molar-refractivity contribution is 0.534. The number of hydrogen-bond acceptors (Lipinski definition) is 2. The van der Waals surface area contributed by atoms with Crippen LogP contribution in [-0.2, 0) is 0 Å². The molecule has 19 heavy (non-hydrogen) atoms. The van der Waals surface area contributed by atoms with Crippen LogP contribution in [0.3, 0.4) is 0 Å². The number of aromatic nitrogens is 2. The molecule has 3 aromatic rings. The van der Waals surface area contributed by atoms with Crippen LogP contribution in [0, 0.1) is 19.7 Å². The third-order valence-corrected chi connectivity index (χ3v) is 2.77. The van der Waals surface area contributed by atoms with Crippen LogP contribution in [0.5, 0.6) is 0 Å². The van der Waals surface area contributed by atoms with Gasteiger partial charge in [0.1, 0.15) is 5.82 Å². The third kappa shape index (κ3) is 2.38. The Morgan fingerprint density at radius 1 is 1.16 bits per heavy atom. The molecule has 0 bridgehead atoms. The molecule has 3 aromatic heterocycles. The first-order valence-corrected chi connectivity index (χ1v) is 6.36. The van der Waals surface area contributed by atoms with Gasteiger partial charge in [-0.15, -0.1) is 0 Å². The fourth-order valence-electron chi connectivity index (χ4n) is 2.06. The molecule has 0 aliphatic carbocycles. The van der Waals surface area contributed by atoms with Crippen LogP contribution in [0.25, 0.3) is 16.8 Å². The second-order valence-electron chi connectivity index (χ2n) is 4.02. The number of pyridine rings is 1. The molecule has 0 aliphatic heterocycles. The lowest BCUT2D eigenvalue weighted by Crippen LogP contribution is -1.85. The number of nitrogens with zero attached hydrogens (tertiary/aromatic N) is 2. The molecular weight excluding hydrogens is 243 g/mol. The van der Waals surface area contributed by atoms with Gasteiger partial charge in [0.25, 0.3) is 0 Å². The van der Waals surface area contributed by atoms with E-state index in [0.717, 1.165) is 22.5 Å². The van der Waals surface area contributed by atoms with Crippen LogP contribution in [-0.4, -0.2) is 9.38 Å². The second-order valence-corrected chi connectivity index (χ2v) is 4.02. The second kappa shape index (κ2) is 5.26. The van der Waals surface area contributed by atoms with E-state index in [9.17, 15) is 4.39 Å². The van der Waals surface area contributed by atoms with Crippen LogP contribution in [0.15, 0.2) is 35.0 Å². The van der Waals surface area contributed by atoms with E-state index >= 15 is 0 Å². The van der Waals surface area contributed by atoms with Crippen molar-refractivity contribution in [2.45, 2.75) is 27.7 Å². The molecule has 0 saturated carbocycles. The summed E-state index contributed by atoms with van der Waals surface area (Å²) in [5.41, 5.74) is 2.69. The molecule has 4 heteroatoms. The molecule has 0 unspecified atom stereocenters. The molecular formula is C15H17FN2O. The van der Waals surface area contributed by atoms with Crippen LogP contribution in [0.4, 0.5) is 4.39 Å². The number of rotatable bonds is 1. The summed E-state index contributed by atoms with van der Waals surface area (Å²) in [5.74, 6) is 1.13. The summed E-state index contributed by atoms with van der Waals surface area (Å²) in [7, 11) is 0. The quantitative estimate of drug-likeness (QED) is 0.650. The molecule has 100 valence electrons. The Labute approximate surface area is 111 Å². The number of aryl methyl sites for hydroxylation is 2. The third-order valence-electron chi connectivity index (χ3n) is 2.77. The lowest BCUT2D eigenvalue weighted by atomic mass is 10.2. The molecule has 0 atom stereocenters. The van der Waals surface area contributed by atoms with E-state index in [4.69, 9.17) is 4.42 Å². The highest BCUT2D eigenvalue weighted by atomic mass is 19.1. The van der Waals surface area contributed by atoms with Crippen molar-refractivity contribution in [3.8, 4) is 11.3 Å². The standard InChI is InChI=1S/C13H11FN2O.C2H6/c1-8-13(17-9(2)15-8)11-5-6-16-7-10(14)3-4-12(11)16;1-2/h3-7H,1-2H3;1-2H3. The summed E-state index contributed by atoms with van der Waals surface area (Å²) in [6.45, 7) is 7.72. The van der Waals surface area contributed by atoms with Gasteiger partial charge in [-0.1, -0.05) is 13.8 Å². The summed E-state index contributed by atoms with van der Waals surface area (Å²) in [5, 5.41) is 0. The predicted octanol–water partition coefficient (Wildman–Crippen LogP) is 4.38. The molecule has 0 saturated heterocycles. The van der Waals surface area contributed by atoms with E-state index in [0.29, 0.717) is 5.89 Å². The van der Waals surface area contributed by atoms with Crippen molar-refractivity contribution >= 4 is 5.52 Å². The van der Waals surface area contributed by atoms with Crippen LogP contribution < -0.4 is 0 Å². The van der Waals surface area contributed by atoms with Gasteiger partial charge in [0, 0.05) is 24.9 Å². The van der Waals surface area contributed by atoms with Gasteiger partial charge in [-0.2, -0.15) is 0 Å². The molecule has 0 spiro atoms. The zero-order valence-corrected chi connectivity index (χ0v) is 11.6. The van der Waals surface area contributed by atoms with Crippen molar-refractivity contribution in [3.05, 3.63) is 48.0 Å². The maximum atomic E-state index is 13.1. The predicted molar refractivity (Wildman–Crippen MR) is 73.7 cm³/mol. The number of halogens is 1. The lowest BCUT2D eigenvalue weighted by Gasteiger charge is -1.98. The van der Waals surface area contributed by atoms with E-state index in [1.807, 2.05) is 40.0 Å². The minimum Gasteiger partial charge on any atom is -0.441 e. The maximum Gasteiger partial charge on any atom is 0.192 e. The SMILES string of the molecule is CC.Cc1nc(C)c(-c2ccn3cc(F)ccc23)o1. The van der Waals surface area contributed by atoms with Crippen LogP contribution in [0.1, 0.15) is 25.4 Å². The summed E-state index contributed by atoms with van der Waals surface area (Å²) in [6, 6.07) is 5.08. The zero-order chi connectivity index (χ0) is 14.0. The Bertz CT molecular complexity index is 697. The molecule has 3 heterocycles. The van der Waals surface area contributed by atoms with Crippen molar-refractivity contribution in [1.82, 2.24) is 9.38 Å². The monoisotopic (exact) mass is 260 g/mol. The Hall–Kier alpha value is -2.10. The summed E-state index contributed by atoms with van der Waals surface area (Å²) < 4.78 is 20.4. The van der Waals surface area contributed by atoms with Crippen molar-refractivity contribution in [1.29, 1.82) is 0 Å². The molecule has 0 amide bonds. The zero-order valence-electron chi connectivity index (χ0n) is 11.6. The molecule has 0 radical (unpaired) electrons. The van der Waals surface area contributed by atoms with Gasteiger partial charge in [0.2, 0.25) is 0 Å². The molecule has 0 N–H and O–H groups in total. The van der Waals surface area contributed by atoms with Crippen LogP contribution >= 0.6 is 0 Å². The van der Waals surface area contributed by atoms with Gasteiger partial charge >= 0.3 is 0 Å². The number of hydrogen-bond donors (Lipinski definition) is 0. The first-order chi connectivity index (χ1) is 9.15. The largest absolute Gasteiger partial charge is 0.441 e. The number of fused-ring (bicyclic) bond motifs is 1.